The monoisotopic (exact) mass is 129 g/mol. The molecule has 0 atom stereocenters. The summed E-state index contributed by atoms with van der Waals surface area (Å²) in [5.74, 6) is 2.47. The molecule has 0 aliphatic carbocycles. The molecular formula is C3H8KNS. The maximum atomic E-state index is 3.19. The Hall–Kier alpha value is 1.95. The van der Waals surface area contributed by atoms with Gasteiger partial charge in [-0.2, -0.15) is 0 Å². The maximum absolute atomic E-state index is 3.19. The average molecular weight is 129 g/mol. The molecule has 0 saturated carbocycles. The van der Waals surface area contributed by atoms with Gasteiger partial charge in [-0.1, -0.05) is 0 Å². The van der Waals surface area contributed by atoms with Crippen LogP contribution in [0, 0.1) is 0 Å². The van der Waals surface area contributed by atoms with Crippen molar-refractivity contribution in [2.24, 2.45) is 0 Å². The normalized spacial score (nSPS) is 20.0. The van der Waals surface area contributed by atoms with Crippen molar-refractivity contribution in [1.29, 1.82) is 0 Å². The Balaban J connectivity index is 0.000000250. The van der Waals surface area contributed by atoms with Gasteiger partial charge in [0, 0.05) is 18.2 Å². The minimum absolute atomic E-state index is 0. The van der Waals surface area contributed by atoms with Crippen molar-refractivity contribution in [3.05, 3.63) is 0 Å². The third-order valence-corrected chi connectivity index (χ3v) is 1.53. The molecule has 0 aromatic rings. The predicted molar refractivity (Wildman–Crippen MR) is 32.5 cm³/mol. The van der Waals surface area contributed by atoms with Crippen LogP contribution >= 0.6 is 11.8 Å². The average Bonchev–Trinajstić information content (AvgIpc) is 1.76. The van der Waals surface area contributed by atoms with E-state index in [-0.39, 0.29) is 51.4 Å². The van der Waals surface area contributed by atoms with Crippen molar-refractivity contribution in [2.45, 2.75) is 0 Å². The van der Waals surface area contributed by atoms with Gasteiger partial charge >= 0.3 is 51.4 Å². The number of nitrogens with one attached hydrogen (secondary N) is 1. The number of hydrogen-bond acceptors (Lipinski definition) is 2. The molecular weight excluding hydrogens is 121 g/mol. The van der Waals surface area contributed by atoms with Gasteiger partial charge in [0.2, 0.25) is 0 Å². The first kappa shape index (κ1) is 7.95. The van der Waals surface area contributed by atoms with Crippen LogP contribution in [0.15, 0.2) is 0 Å². The van der Waals surface area contributed by atoms with Crippen LogP contribution in [0.25, 0.3) is 0 Å². The summed E-state index contributed by atoms with van der Waals surface area (Å²) in [4.78, 5) is 0. The van der Waals surface area contributed by atoms with E-state index in [1.807, 2.05) is 11.8 Å². The first-order chi connectivity index (χ1) is 2.50. The fourth-order valence-corrected chi connectivity index (χ4v) is 1.08. The summed E-state index contributed by atoms with van der Waals surface area (Å²) in [6, 6.07) is 0. The minimum atomic E-state index is 0. The molecule has 32 valence electrons. The van der Waals surface area contributed by atoms with Crippen molar-refractivity contribution in [2.75, 3.05) is 18.2 Å². The van der Waals surface area contributed by atoms with E-state index in [9.17, 15) is 0 Å². The Morgan fingerprint density at radius 1 is 1.50 bits per heavy atom. The molecule has 0 aromatic carbocycles. The second-order valence-corrected chi connectivity index (χ2v) is 2.16. The summed E-state index contributed by atoms with van der Waals surface area (Å²) in [6.07, 6.45) is 0. The van der Waals surface area contributed by atoms with E-state index in [0.29, 0.717) is 0 Å². The van der Waals surface area contributed by atoms with Crippen LogP contribution in [0.4, 0.5) is 0 Å². The topological polar surface area (TPSA) is 12.0 Å². The first-order valence-corrected chi connectivity index (χ1v) is 2.94. The van der Waals surface area contributed by atoms with Gasteiger partial charge in [-0.3, -0.25) is 0 Å². The van der Waals surface area contributed by atoms with Crippen LogP contribution < -0.4 is 5.32 Å². The van der Waals surface area contributed by atoms with Gasteiger partial charge in [-0.15, -0.1) is 11.8 Å². The Morgan fingerprint density at radius 2 is 2.33 bits per heavy atom. The summed E-state index contributed by atoms with van der Waals surface area (Å²) < 4.78 is 0. The molecule has 3 heteroatoms. The number of rotatable bonds is 0. The van der Waals surface area contributed by atoms with E-state index in [4.69, 9.17) is 0 Å². The van der Waals surface area contributed by atoms with Gasteiger partial charge in [0.15, 0.2) is 0 Å². The molecule has 1 rings (SSSR count). The summed E-state index contributed by atoms with van der Waals surface area (Å²) in [5, 5.41) is 3.19. The Bertz CT molecular complexity index is 22.4. The zero-order chi connectivity index (χ0) is 3.54. The molecule has 1 heterocycles. The second-order valence-electron chi connectivity index (χ2n) is 1.05. The zero-order valence-electron chi connectivity index (χ0n) is 3.03. The molecule has 0 bridgehead atoms. The molecule has 0 radical (unpaired) electrons. The van der Waals surface area contributed by atoms with Gasteiger partial charge in [0.1, 0.15) is 0 Å². The molecule has 1 N–H and O–H groups in total. The molecule has 0 unspecified atom stereocenters. The van der Waals surface area contributed by atoms with Gasteiger partial charge < -0.3 is 5.32 Å². The summed E-state index contributed by atoms with van der Waals surface area (Å²) in [5.41, 5.74) is 0. The molecule has 0 amide bonds. The van der Waals surface area contributed by atoms with Crippen molar-refractivity contribution in [3.8, 4) is 0 Å². The molecule has 1 fully saturated rings. The van der Waals surface area contributed by atoms with Gasteiger partial charge in [-0.25, -0.2) is 0 Å². The standard InChI is InChI=1S/C3H7NS.K.H/c1-2-5-3-4-1;;/h4H,1-3H2;;. The van der Waals surface area contributed by atoms with Crippen molar-refractivity contribution >= 4 is 63.1 Å². The van der Waals surface area contributed by atoms with Crippen molar-refractivity contribution in [1.82, 2.24) is 5.32 Å². The summed E-state index contributed by atoms with van der Waals surface area (Å²) in [6.45, 7) is 1.21. The SMILES string of the molecule is C1CSCN1.[KH]. The van der Waals surface area contributed by atoms with E-state index in [1.165, 1.54) is 18.2 Å². The quantitative estimate of drug-likeness (QED) is 0.448. The van der Waals surface area contributed by atoms with Crippen LogP contribution in [0.5, 0.6) is 0 Å². The third-order valence-electron chi connectivity index (χ3n) is 0.627. The van der Waals surface area contributed by atoms with Crippen LogP contribution in [0.3, 0.4) is 0 Å². The molecule has 6 heavy (non-hydrogen) atoms. The molecule has 1 nitrogen and oxygen atoms in total. The fraction of sp³-hybridized carbons (Fsp3) is 1.00. The summed E-state index contributed by atoms with van der Waals surface area (Å²) in [7, 11) is 0. The van der Waals surface area contributed by atoms with Crippen molar-refractivity contribution < 1.29 is 0 Å². The van der Waals surface area contributed by atoms with Crippen molar-refractivity contribution in [3.63, 3.8) is 0 Å². The molecule has 1 aliphatic heterocycles. The van der Waals surface area contributed by atoms with Gasteiger partial charge in [0.25, 0.3) is 0 Å². The molecule has 0 spiro atoms. The molecule has 1 saturated heterocycles. The number of thioether (sulfide) groups is 1. The van der Waals surface area contributed by atoms with E-state index < -0.39 is 0 Å². The predicted octanol–water partition coefficient (Wildman–Crippen LogP) is -0.368. The zero-order valence-corrected chi connectivity index (χ0v) is 3.85. The van der Waals surface area contributed by atoms with E-state index in [1.54, 1.807) is 0 Å². The third kappa shape index (κ3) is 3.02. The fourth-order valence-electron chi connectivity index (χ4n) is 0.361. The van der Waals surface area contributed by atoms with Crippen LogP contribution in [-0.2, 0) is 0 Å². The second kappa shape index (κ2) is 5.09. The molecule has 1 aliphatic rings. The van der Waals surface area contributed by atoms with E-state index in [2.05, 4.69) is 5.32 Å². The summed E-state index contributed by atoms with van der Waals surface area (Å²) >= 11 is 1.96. The first-order valence-electron chi connectivity index (χ1n) is 1.78. The van der Waals surface area contributed by atoms with Gasteiger partial charge in [0.05, 0.1) is 0 Å². The molecule has 0 aromatic heterocycles. The van der Waals surface area contributed by atoms with Crippen LogP contribution in [-0.4, -0.2) is 69.6 Å². The number of hydrogen-bond donors (Lipinski definition) is 1. The van der Waals surface area contributed by atoms with Gasteiger partial charge in [-0.05, 0) is 0 Å². The Kier molecular flexibility index (Phi) is 6.74. The Labute approximate surface area is 85.1 Å². The van der Waals surface area contributed by atoms with E-state index >= 15 is 0 Å². The van der Waals surface area contributed by atoms with E-state index in [0.717, 1.165) is 0 Å². The van der Waals surface area contributed by atoms with Crippen LogP contribution in [0.1, 0.15) is 0 Å². The van der Waals surface area contributed by atoms with Crippen LogP contribution in [0.2, 0.25) is 0 Å². The Morgan fingerprint density at radius 3 is 2.50 bits per heavy atom.